The Bertz CT molecular complexity index is 1640. The third-order valence-electron chi connectivity index (χ3n) is 8.92. The summed E-state index contributed by atoms with van der Waals surface area (Å²) in [7, 11) is -3.84. The van der Waals surface area contributed by atoms with Crippen molar-refractivity contribution in [2.75, 3.05) is 6.54 Å². The van der Waals surface area contributed by atoms with Crippen LogP contribution in [-0.4, -0.2) is 76.5 Å². The molecule has 4 aliphatic rings. The van der Waals surface area contributed by atoms with Crippen molar-refractivity contribution in [1.29, 1.82) is 0 Å². The molecule has 2 aliphatic carbocycles. The highest BCUT2D eigenvalue weighted by Gasteiger charge is 2.62. The lowest BCUT2D eigenvalue weighted by molar-refractivity contribution is -0.140. The third-order valence-corrected chi connectivity index (χ3v) is 10.7. The van der Waals surface area contributed by atoms with Gasteiger partial charge in [0.15, 0.2) is 0 Å². The smallest absolute Gasteiger partial charge is 0.259 e. The largest absolute Gasteiger partial charge is 0.471 e. The van der Waals surface area contributed by atoms with Crippen LogP contribution in [0.1, 0.15) is 63.5 Å². The molecule has 1 aromatic heterocycles. The van der Waals surface area contributed by atoms with Crippen molar-refractivity contribution < 1.29 is 31.9 Å². The first-order chi connectivity index (χ1) is 21.0. The first-order valence-corrected chi connectivity index (χ1v) is 16.7. The summed E-state index contributed by atoms with van der Waals surface area (Å²) >= 11 is 0. The van der Waals surface area contributed by atoms with Crippen LogP contribution in [0.4, 0.5) is 4.39 Å². The standard InChI is InChI=1S/C30H37FN6O6S.ClH/c1-17-27(34-24-13-19(31)9-12-23(24)33-17)43-20-14-25-26(38)35-30(29(40)36-44(41,42)21-10-11-21)15-18(30)7-5-3-2-4-6-8-22(32)28(39)37(25)16-20;/h5,7,9,12-13,18,20-22,25H,2-4,6,8,10-11,14-16,32H2,1H3,(H,35,38)(H,36,40);1H/b7-5-;/t18-,20-,22+,25+,30-;/m1./s1. The van der Waals surface area contributed by atoms with E-state index in [2.05, 4.69) is 20.0 Å². The van der Waals surface area contributed by atoms with E-state index in [-0.39, 0.29) is 43.6 Å². The monoisotopic (exact) mass is 664 g/mol. The maximum absolute atomic E-state index is 13.9. The number of amides is 3. The summed E-state index contributed by atoms with van der Waals surface area (Å²) < 4.78 is 47.4. The van der Waals surface area contributed by atoms with Gasteiger partial charge in [0.05, 0.1) is 28.9 Å². The molecular weight excluding hydrogens is 627 g/mol. The highest BCUT2D eigenvalue weighted by molar-refractivity contribution is 7.91. The number of nitrogens with zero attached hydrogens (tertiary/aromatic N) is 3. The Morgan fingerprint density at radius 2 is 1.93 bits per heavy atom. The molecule has 244 valence electrons. The Morgan fingerprint density at radius 1 is 1.16 bits per heavy atom. The molecule has 2 aromatic rings. The number of aryl methyl sites for hydroxylation is 1. The number of allylic oxidation sites excluding steroid dienone is 1. The van der Waals surface area contributed by atoms with Gasteiger partial charge in [-0.15, -0.1) is 12.4 Å². The van der Waals surface area contributed by atoms with E-state index in [1.54, 1.807) is 6.92 Å². The van der Waals surface area contributed by atoms with Crippen molar-refractivity contribution in [1.82, 2.24) is 24.9 Å². The van der Waals surface area contributed by atoms with Crippen LogP contribution in [0.15, 0.2) is 30.4 Å². The predicted octanol–water partition coefficient (Wildman–Crippen LogP) is 2.18. The van der Waals surface area contributed by atoms with Crippen LogP contribution in [-0.2, 0) is 24.4 Å². The Balaban J connectivity index is 0.00000400. The van der Waals surface area contributed by atoms with Crippen LogP contribution in [0.2, 0.25) is 0 Å². The summed E-state index contributed by atoms with van der Waals surface area (Å²) in [6, 6.07) is 2.21. The van der Waals surface area contributed by atoms with Crippen molar-refractivity contribution in [2.45, 2.75) is 93.7 Å². The van der Waals surface area contributed by atoms with Crippen LogP contribution >= 0.6 is 12.4 Å². The zero-order valence-corrected chi connectivity index (χ0v) is 26.5. The number of sulfonamides is 1. The summed E-state index contributed by atoms with van der Waals surface area (Å²) in [5.74, 6) is -2.48. The lowest BCUT2D eigenvalue weighted by Gasteiger charge is -2.28. The second-order valence-corrected chi connectivity index (χ2v) is 14.3. The van der Waals surface area contributed by atoms with Crippen molar-refractivity contribution >= 4 is 51.2 Å². The van der Waals surface area contributed by atoms with Gasteiger partial charge in [0, 0.05) is 18.4 Å². The Labute approximate surface area is 267 Å². The molecule has 3 amide bonds. The van der Waals surface area contributed by atoms with Crippen LogP contribution in [0.25, 0.3) is 11.0 Å². The molecule has 0 spiro atoms. The molecule has 15 heteroatoms. The minimum absolute atomic E-state index is 0. The minimum Gasteiger partial charge on any atom is -0.471 e. The maximum atomic E-state index is 13.9. The molecule has 2 aliphatic heterocycles. The summed E-state index contributed by atoms with van der Waals surface area (Å²) in [6.45, 7) is 1.73. The van der Waals surface area contributed by atoms with Gasteiger partial charge >= 0.3 is 0 Å². The van der Waals surface area contributed by atoms with E-state index in [0.717, 1.165) is 25.7 Å². The number of nitrogens with two attached hydrogens (primary N) is 1. The lowest BCUT2D eigenvalue weighted by atomic mass is 10.1. The van der Waals surface area contributed by atoms with E-state index in [0.29, 0.717) is 36.0 Å². The topological polar surface area (TPSA) is 174 Å². The number of hydrogen-bond acceptors (Lipinski definition) is 9. The minimum atomic E-state index is -3.84. The summed E-state index contributed by atoms with van der Waals surface area (Å²) in [5, 5.41) is 2.22. The van der Waals surface area contributed by atoms with Crippen LogP contribution < -0.4 is 20.5 Å². The quantitative estimate of drug-likeness (QED) is 0.405. The maximum Gasteiger partial charge on any atom is 0.259 e. The molecule has 1 aromatic carbocycles. The van der Waals surface area contributed by atoms with Crippen molar-refractivity contribution in [2.24, 2.45) is 11.7 Å². The molecule has 12 nitrogen and oxygen atoms in total. The molecule has 3 heterocycles. The number of nitrogens with one attached hydrogen (secondary N) is 2. The Morgan fingerprint density at radius 3 is 2.69 bits per heavy atom. The number of halogens is 2. The SMILES string of the molecule is Cc1nc2ccc(F)cc2nc1O[C@@H]1C[C@H]2C(=O)N[C@]3(C(=O)NS(=O)(=O)C4CC4)C[C@H]3/C=C\CCCCC[C@H](N)C(=O)N2C1.Cl. The Kier molecular flexibility index (Phi) is 9.39. The number of benzene rings is 1. The number of carbonyl (C=O) groups excluding carboxylic acids is 3. The number of rotatable bonds is 5. The number of fused-ring (bicyclic) bond motifs is 3. The molecule has 45 heavy (non-hydrogen) atoms. The molecule has 2 saturated carbocycles. The van der Waals surface area contributed by atoms with E-state index < -0.39 is 62.5 Å². The first-order valence-electron chi connectivity index (χ1n) is 15.2. The van der Waals surface area contributed by atoms with Crippen LogP contribution in [0.5, 0.6) is 5.88 Å². The highest BCUT2D eigenvalue weighted by atomic mass is 35.5. The fourth-order valence-corrected chi connectivity index (χ4v) is 7.47. The molecular formula is C30H38ClFN6O6S. The van der Waals surface area contributed by atoms with E-state index in [1.807, 2.05) is 12.2 Å². The van der Waals surface area contributed by atoms with Crippen molar-refractivity contribution in [3.05, 3.63) is 41.9 Å². The second kappa shape index (κ2) is 12.8. The van der Waals surface area contributed by atoms with Gasteiger partial charge < -0.3 is 20.7 Å². The number of aromatic nitrogens is 2. The van der Waals surface area contributed by atoms with Crippen molar-refractivity contribution in [3.8, 4) is 5.88 Å². The van der Waals surface area contributed by atoms with Crippen molar-refractivity contribution in [3.63, 3.8) is 0 Å². The molecule has 0 bridgehead atoms. The molecule has 6 rings (SSSR count). The highest BCUT2D eigenvalue weighted by Crippen LogP contribution is 2.46. The molecule has 1 saturated heterocycles. The molecule has 4 N–H and O–H groups in total. The molecule has 0 radical (unpaired) electrons. The molecule has 5 atom stereocenters. The predicted molar refractivity (Wildman–Crippen MR) is 165 cm³/mol. The number of carbonyl (C=O) groups is 3. The van der Waals surface area contributed by atoms with Gasteiger partial charge in [0.25, 0.3) is 5.91 Å². The number of hydrogen-bond donors (Lipinski definition) is 3. The van der Waals surface area contributed by atoms with E-state index in [4.69, 9.17) is 10.5 Å². The average molecular weight is 665 g/mol. The van der Waals surface area contributed by atoms with E-state index in [9.17, 15) is 27.2 Å². The summed E-state index contributed by atoms with van der Waals surface area (Å²) in [6.07, 6.45) is 8.10. The van der Waals surface area contributed by atoms with E-state index >= 15 is 0 Å². The van der Waals surface area contributed by atoms with Gasteiger partial charge in [-0.3, -0.25) is 19.1 Å². The van der Waals surface area contributed by atoms with Gasteiger partial charge in [-0.1, -0.05) is 25.0 Å². The average Bonchev–Trinajstić information content (AvgIpc) is 3.89. The van der Waals surface area contributed by atoms with Crippen LogP contribution in [0, 0.1) is 18.7 Å². The van der Waals surface area contributed by atoms with Gasteiger partial charge in [0.1, 0.15) is 29.2 Å². The van der Waals surface area contributed by atoms with Gasteiger partial charge in [-0.25, -0.2) is 22.8 Å². The van der Waals surface area contributed by atoms with Gasteiger partial charge in [0.2, 0.25) is 27.7 Å². The molecule has 3 fully saturated rings. The fraction of sp³-hybridized carbons (Fsp3) is 0.567. The van der Waals surface area contributed by atoms with Crippen LogP contribution in [0.3, 0.4) is 0 Å². The third kappa shape index (κ3) is 6.92. The Hall–Kier alpha value is -3.36. The summed E-state index contributed by atoms with van der Waals surface area (Å²) in [4.78, 5) is 51.2. The van der Waals surface area contributed by atoms with E-state index in [1.165, 1.54) is 23.1 Å². The van der Waals surface area contributed by atoms with Gasteiger partial charge in [-0.05, 0) is 57.6 Å². The fourth-order valence-electron chi connectivity index (χ4n) is 6.11. The molecule has 0 unspecified atom stereocenters. The second-order valence-electron chi connectivity index (χ2n) is 12.3. The zero-order chi connectivity index (χ0) is 31.2. The normalized spacial score (nSPS) is 29.7. The summed E-state index contributed by atoms with van der Waals surface area (Å²) in [5.41, 5.74) is 6.12. The van der Waals surface area contributed by atoms with Gasteiger partial charge in [-0.2, -0.15) is 0 Å². The lowest BCUT2D eigenvalue weighted by Crippen LogP contribution is -2.57. The number of ether oxygens (including phenoxy) is 1. The first kappa shape index (κ1) is 33.0. The zero-order valence-electron chi connectivity index (χ0n) is 24.9.